The van der Waals surface area contributed by atoms with Gasteiger partial charge in [-0.15, -0.1) is 0 Å². The number of rotatable bonds is 3. The Labute approximate surface area is 106 Å². The standard InChI is InChI=1S/C14H16N4/c15-12-9-16-13(12)14-17-7-11(8-18-14)6-10-4-2-1-3-5-10/h1-5,7-8,12-13,16H,6,9,15H2. The van der Waals surface area contributed by atoms with E-state index in [2.05, 4.69) is 27.4 Å². The van der Waals surface area contributed by atoms with E-state index in [1.165, 1.54) is 5.56 Å². The van der Waals surface area contributed by atoms with Gasteiger partial charge in [-0.25, -0.2) is 9.97 Å². The molecule has 0 aliphatic carbocycles. The molecule has 1 aromatic heterocycles. The second-order valence-corrected chi connectivity index (χ2v) is 4.66. The molecule has 1 saturated heterocycles. The van der Waals surface area contributed by atoms with Gasteiger partial charge in [-0.3, -0.25) is 0 Å². The first-order valence-electron chi connectivity index (χ1n) is 6.16. The molecule has 3 N–H and O–H groups in total. The second-order valence-electron chi connectivity index (χ2n) is 4.66. The Morgan fingerprint density at radius 2 is 1.83 bits per heavy atom. The van der Waals surface area contributed by atoms with Crippen LogP contribution in [0.4, 0.5) is 0 Å². The lowest BCUT2D eigenvalue weighted by Crippen LogP contribution is -2.55. The fourth-order valence-corrected chi connectivity index (χ4v) is 2.10. The van der Waals surface area contributed by atoms with Crippen LogP contribution in [0.25, 0.3) is 0 Å². The first-order valence-corrected chi connectivity index (χ1v) is 6.16. The van der Waals surface area contributed by atoms with Crippen LogP contribution in [-0.4, -0.2) is 22.6 Å². The topological polar surface area (TPSA) is 63.8 Å². The third kappa shape index (κ3) is 2.25. The summed E-state index contributed by atoms with van der Waals surface area (Å²) in [5, 5.41) is 3.23. The molecule has 0 radical (unpaired) electrons. The lowest BCUT2D eigenvalue weighted by atomic mass is 10.0. The van der Waals surface area contributed by atoms with E-state index in [0.717, 1.165) is 24.4 Å². The summed E-state index contributed by atoms with van der Waals surface area (Å²) in [6.45, 7) is 0.847. The van der Waals surface area contributed by atoms with E-state index in [1.54, 1.807) is 0 Å². The van der Waals surface area contributed by atoms with Crippen LogP contribution in [-0.2, 0) is 6.42 Å². The Hall–Kier alpha value is -1.78. The Balaban J connectivity index is 1.71. The highest BCUT2D eigenvalue weighted by Crippen LogP contribution is 2.18. The van der Waals surface area contributed by atoms with Crippen LogP contribution in [0.15, 0.2) is 42.7 Å². The zero-order valence-electron chi connectivity index (χ0n) is 10.1. The number of aromatic nitrogens is 2. The molecule has 18 heavy (non-hydrogen) atoms. The Kier molecular flexibility index (Phi) is 3.04. The zero-order chi connectivity index (χ0) is 12.4. The highest BCUT2D eigenvalue weighted by Gasteiger charge is 2.30. The minimum absolute atomic E-state index is 0.121. The predicted octanol–water partition coefficient (Wildman–Crippen LogP) is 1.04. The largest absolute Gasteiger partial charge is 0.325 e. The number of hydrogen-bond acceptors (Lipinski definition) is 4. The van der Waals surface area contributed by atoms with Crippen LogP contribution in [0.5, 0.6) is 0 Å². The minimum atomic E-state index is 0.121. The average Bonchev–Trinajstić information content (AvgIpc) is 2.40. The van der Waals surface area contributed by atoms with Crippen molar-refractivity contribution in [3.8, 4) is 0 Å². The zero-order valence-corrected chi connectivity index (χ0v) is 10.1. The summed E-state index contributed by atoms with van der Waals surface area (Å²) in [7, 11) is 0. The molecule has 1 fully saturated rings. The first-order chi connectivity index (χ1) is 8.83. The van der Waals surface area contributed by atoms with Crippen molar-refractivity contribution < 1.29 is 0 Å². The second kappa shape index (κ2) is 4.84. The lowest BCUT2D eigenvalue weighted by molar-refractivity contribution is 0.305. The van der Waals surface area contributed by atoms with Crippen LogP contribution < -0.4 is 11.1 Å². The molecule has 2 heterocycles. The van der Waals surface area contributed by atoms with E-state index in [-0.39, 0.29) is 12.1 Å². The number of benzene rings is 1. The van der Waals surface area contributed by atoms with Gasteiger partial charge in [-0.1, -0.05) is 30.3 Å². The van der Waals surface area contributed by atoms with Crippen molar-refractivity contribution >= 4 is 0 Å². The molecule has 2 unspecified atom stereocenters. The highest BCUT2D eigenvalue weighted by molar-refractivity contribution is 5.23. The molecule has 1 aliphatic rings. The smallest absolute Gasteiger partial charge is 0.146 e. The fourth-order valence-electron chi connectivity index (χ4n) is 2.10. The summed E-state index contributed by atoms with van der Waals surface area (Å²) in [6, 6.07) is 10.6. The van der Waals surface area contributed by atoms with E-state index in [1.807, 2.05) is 30.6 Å². The van der Waals surface area contributed by atoms with Crippen molar-refractivity contribution in [2.75, 3.05) is 6.54 Å². The molecule has 0 spiro atoms. The van der Waals surface area contributed by atoms with Crippen molar-refractivity contribution in [2.24, 2.45) is 5.73 Å². The molecule has 3 rings (SSSR count). The molecule has 2 atom stereocenters. The third-order valence-corrected chi connectivity index (χ3v) is 3.26. The van der Waals surface area contributed by atoms with Gasteiger partial charge >= 0.3 is 0 Å². The van der Waals surface area contributed by atoms with Gasteiger partial charge in [0.05, 0.1) is 6.04 Å². The Morgan fingerprint density at radius 3 is 2.39 bits per heavy atom. The predicted molar refractivity (Wildman–Crippen MR) is 70.0 cm³/mol. The summed E-state index contributed by atoms with van der Waals surface area (Å²) in [6.07, 6.45) is 4.65. The maximum Gasteiger partial charge on any atom is 0.146 e. The Morgan fingerprint density at radius 1 is 1.11 bits per heavy atom. The van der Waals surface area contributed by atoms with Crippen LogP contribution in [0.3, 0.4) is 0 Å². The monoisotopic (exact) mass is 240 g/mol. The number of nitrogens with one attached hydrogen (secondary N) is 1. The van der Waals surface area contributed by atoms with Crippen molar-refractivity contribution in [1.29, 1.82) is 0 Å². The van der Waals surface area contributed by atoms with Gasteiger partial charge in [-0.05, 0) is 11.1 Å². The summed E-state index contributed by atoms with van der Waals surface area (Å²) < 4.78 is 0. The van der Waals surface area contributed by atoms with Gasteiger partial charge in [0.1, 0.15) is 5.82 Å². The summed E-state index contributed by atoms with van der Waals surface area (Å²) in [5.74, 6) is 0.797. The van der Waals surface area contributed by atoms with Crippen molar-refractivity contribution in [2.45, 2.75) is 18.5 Å². The normalized spacial score (nSPS) is 22.5. The quantitative estimate of drug-likeness (QED) is 0.841. The van der Waals surface area contributed by atoms with Crippen LogP contribution in [0, 0.1) is 0 Å². The SMILES string of the molecule is NC1CNC1c1ncc(Cc2ccccc2)cn1. The maximum absolute atomic E-state index is 5.87. The third-order valence-electron chi connectivity index (χ3n) is 3.26. The van der Waals surface area contributed by atoms with Gasteiger partial charge in [0.15, 0.2) is 0 Å². The molecule has 0 saturated carbocycles. The van der Waals surface area contributed by atoms with Gasteiger partial charge in [-0.2, -0.15) is 0 Å². The van der Waals surface area contributed by atoms with Crippen molar-refractivity contribution in [3.05, 3.63) is 59.7 Å². The van der Waals surface area contributed by atoms with Crippen molar-refractivity contribution in [1.82, 2.24) is 15.3 Å². The summed E-state index contributed by atoms with van der Waals surface area (Å²) in [4.78, 5) is 8.79. The van der Waals surface area contributed by atoms with E-state index >= 15 is 0 Å². The Bertz CT molecular complexity index is 509. The average molecular weight is 240 g/mol. The maximum atomic E-state index is 5.87. The number of nitrogens with two attached hydrogens (primary N) is 1. The van der Waals surface area contributed by atoms with Gasteiger partial charge in [0.2, 0.25) is 0 Å². The van der Waals surface area contributed by atoms with E-state index in [9.17, 15) is 0 Å². The molecular formula is C14H16N4. The van der Waals surface area contributed by atoms with Crippen LogP contribution in [0.1, 0.15) is 23.0 Å². The highest BCUT2D eigenvalue weighted by atomic mass is 15.1. The first kappa shape index (κ1) is 11.3. The molecular weight excluding hydrogens is 224 g/mol. The summed E-state index contributed by atoms with van der Waals surface area (Å²) in [5.41, 5.74) is 8.27. The molecule has 0 amide bonds. The molecule has 4 heteroatoms. The van der Waals surface area contributed by atoms with Crippen molar-refractivity contribution in [3.63, 3.8) is 0 Å². The molecule has 0 bridgehead atoms. The number of hydrogen-bond donors (Lipinski definition) is 2. The molecule has 4 nitrogen and oxygen atoms in total. The van der Waals surface area contributed by atoms with Gasteiger partial charge in [0, 0.05) is 31.4 Å². The van der Waals surface area contributed by atoms with Gasteiger partial charge in [0.25, 0.3) is 0 Å². The van der Waals surface area contributed by atoms with E-state index in [0.29, 0.717) is 0 Å². The molecule has 1 aliphatic heterocycles. The van der Waals surface area contributed by atoms with E-state index < -0.39 is 0 Å². The minimum Gasteiger partial charge on any atom is -0.325 e. The van der Waals surface area contributed by atoms with E-state index in [4.69, 9.17) is 5.73 Å². The van der Waals surface area contributed by atoms with Gasteiger partial charge < -0.3 is 11.1 Å². The summed E-state index contributed by atoms with van der Waals surface area (Å²) >= 11 is 0. The molecule has 1 aromatic carbocycles. The fraction of sp³-hybridized carbons (Fsp3) is 0.286. The lowest BCUT2D eigenvalue weighted by Gasteiger charge is -2.33. The number of nitrogens with zero attached hydrogens (tertiary/aromatic N) is 2. The van der Waals surface area contributed by atoms with Crippen LogP contribution in [0.2, 0.25) is 0 Å². The molecule has 92 valence electrons. The van der Waals surface area contributed by atoms with Crippen LogP contribution >= 0.6 is 0 Å². The molecule has 2 aromatic rings.